The monoisotopic (exact) mass is 618 g/mol. The zero-order valence-electron chi connectivity index (χ0n) is 18.6. The number of nitrogens with zero attached hydrogens (tertiary/aromatic N) is 5. The van der Waals surface area contributed by atoms with Gasteiger partial charge in [-0.2, -0.15) is 14.6 Å². The number of hydrogen-bond donors (Lipinski definition) is 7. The van der Waals surface area contributed by atoms with E-state index in [1.165, 1.54) is 0 Å². The SMILES string of the molecule is O=P(O)(O)C(O)(O)P(=O)(O)OC[C@H]1O[C@@H](n2nnc3c(NCc4ccccc4Cl)nc(Cl)nc32)[C@H](O)[C@@H]1F. The summed E-state index contributed by atoms with van der Waals surface area (Å²) in [6.45, 7) is -1.02. The Balaban J connectivity index is 1.55. The summed E-state index contributed by atoms with van der Waals surface area (Å²) in [5.41, 5.74) is 0.680. The number of anilines is 1. The molecular formula is C17H19Cl2FN6O10P2. The van der Waals surface area contributed by atoms with Gasteiger partial charge >= 0.3 is 20.5 Å². The second kappa shape index (κ2) is 10.6. The Hall–Kier alpha value is -1.85. The molecule has 3 heterocycles. The molecule has 5 atom stereocenters. The van der Waals surface area contributed by atoms with Crippen LogP contribution in [0.4, 0.5) is 10.2 Å². The molecule has 1 unspecified atom stereocenters. The second-order valence-corrected chi connectivity index (χ2v) is 12.7. The van der Waals surface area contributed by atoms with Gasteiger partial charge in [0.25, 0.3) is 0 Å². The zero-order valence-corrected chi connectivity index (χ0v) is 21.9. The van der Waals surface area contributed by atoms with Crippen LogP contribution >= 0.6 is 38.4 Å². The molecule has 1 aromatic carbocycles. The molecule has 0 bridgehead atoms. The minimum absolute atomic E-state index is 0.0548. The van der Waals surface area contributed by atoms with E-state index in [1.807, 2.05) is 0 Å². The van der Waals surface area contributed by atoms with E-state index in [1.54, 1.807) is 24.3 Å². The Morgan fingerprint density at radius 3 is 2.53 bits per heavy atom. The summed E-state index contributed by atoms with van der Waals surface area (Å²) < 4.78 is 48.4. The third-order valence-corrected chi connectivity index (χ3v) is 9.53. The Labute approximate surface area is 221 Å². The van der Waals surface area contributed by atoms with Crippen molar-refractivity contribution in [3.63, 3.8) is 0 Å². The van der Waals surface area contributed by atoms with Gasteiger partial charge < -0.3 is 44.6 Å². The van der Waals surface area contributed by atoms with Crippen molar-refractivity contribution in [2.24, 2.45) is 0 Å². The fraction of sp³-hybridized carbons (Fsp3) is 0.412. The van der Waals surface area contributed by atoms with Crippen molar-refractivity contribution in [3.8, 4) is 0 Å². The lowest BCUT2D eigenvalue weighted by Gasteiger charge is -2.27. The van der Waals surface area contributed by atoms with Crippen LogP contribution in [-0.4, -0.2) is 85.2 Å². The highest BCUT2D eigenvalue weighted by atomic mass is 35.5. The third kappa shape index (κ3) is 5.43. The molecule has 38 heavy (non-hydrogen) atoms. The first-order valence-corrected chi connectivity index (χ1v) is 14.3. The van der Waals surface area contributed by atoms with Crippen molar-refractivity contribution in [2.75, 3.05) is 11.9 Å². The highest BCUT2D eigenvalue weighted by Crippen LogP contribution is 2.68. The van der Waals surface area contributed by atoms with Crippen LogP contribution in [0.2, 0.25) is 10.3 Å². The Kier molecular flexibility index (Phi) is 8.14. The van der Waals surface area contributed by atoms with E-state index >= 15 is 0 Å². The van der Waals surface area contributed by atoms with Gasteiger partial charge in [-0.05, 0) is 23.2 Å². The molecule has 1 aliphatic heterocycles. The van der Waals surface area contributed by atoms with Gasteiger partial charge in [-0.25, -0.2) is 4.39 Å². The molecule has 7 N–H and O–H groups in total. The maximum absolute atomic E-state index is 14.8. The molecule has 2 aromatic heterocycles. The molecular weight excluding hydrogens is 600 g/mol. The van der Waals surface area contributed by atoms with Crippen molar-refractivity contribution in [2.45, 2.75) is 36.4 Å². The Morgan fingerprint density at radius 1 is 1.18 bits per heavy atom. The summed E-state index contributed by atoms with van der Waals surface area (Å²) in [6, 6.07) is 6.98. The van der Waals surface area contributed by atoms with E-state index in [-0.39, 0.29) is 28.8 Å². The quantitative estimate of drug-likeness (QED) is 0.0991. The van der Waals surface area contributed by atoms with Crippen LogP contribution in [0.1, 0.15) is 11.8 Å². The molecule has 0 saturated carbocycles. The highest BCUT2D eigenvalue weighted by Gasteiger charge is 2.61. The molecule has 4 rings (SSSR count). The summed E-state index contributed by atoms with van der Waals surface area (Å²) >= 11 is 12.2. The van der Waals surface area contributed by atoms with Gasteiger partial charge in [-0.15, -0.1) is 5.10 Å². The maximum Gasteiger partial charge on any atom is 0.400 e. The molecule has 0 amide bonds. The summed E-state index contributed by atoms with van der Waals surface area (Å²) in [6.07, 6.45) is -7.71. The van der Waals surface area contributed by atoms with Crippen molar-refractivity contribution < 1.29 is 52.8 Å². The van der Waals surface area contributed by atoms with Gasteiger partial charge in [-0.3, -0.25) is 9.13 Å². The first-order valence-electron chi connectivity index (χ1n) is 10.3. The summed E-state index contributed by atoms with van der Waals surface area (Å²) in [5, 5.41) is 35.6. The molecule has 208 valence electrons. The minimum atomic E-state index is -5.97. The topological polar surface area (TPSA) is 242 Å². The van der Waals surface area contributed by atoms with E-state index in [2.05, 4.69) is 30.1 Å². The molecule has 1 fully saturated rings. The van der Waals surface area contributed by atoms with Gasteiger partial charge in [0, 0.05) is 11.6 Å². The average Bonchev–Trinajstić information content (AvgIpc) is 3.37. The van der Waals surface area contributed by atoms with E-state index in [9.17, 15) is 33.7 Å². The number of benzene rings is 1. The molecule has 1 saturated heterocycles. The lowest BCUT2D eigenvalue weighted by molar-refractivity contribution is -0.0719. The number of halogens is 3. The van der Waals surface area contributed by atoms with Crippen molar-refractivity contribution in [3.05, 3.63) is 40.1 Å². The lowest BCUT2D eigenvalue weighted by atomic mass is 10.1. The van der Waals surface area contributed by atoms with E-state index in [0.29, 0.717) is 5.02 Å². The first-order chi connectivity index (χ1) is 17.6. The van der Waals surface area contributed by atoms with Crippen LogP contribution in [0.25, 0.3) is 11.2 Å². The second-order valence-electron chi connectivity index (χ2n) is 7.95. The van der Waals surface area contributed by atoms with Gasteiger partial charge in [-0.1, -0.05) is 35.0 Å². The number of fused-ring (bicyclic) bond motifs is 1. The molecule has 0 aliphatic carbocycles. The van der Waals surface area contributed by atoms with Gasteiger partial charge in [0.2, 0.25) is 5.28 Å². The fourth-order valence-corrected chi connectivity index (χ4v) is 5.77. The van der Waals surface area contributed by atoms with Gasteiger partial charge in [0.1, 0.15) is 12.2 Å². The molecule has 16 nitrogen and oxygen atoms in total. The number of aliphatic hydroxyl groups is 3. The minimum Gasteiger partial charge on any atom is -0.385 e. The van der Waals surface area contributed by atoms with Crippen LogP contribution in [0.5, 0.6) is 0 Å². The number of alkyl halides is 1. The van der Waals surface area contributed by atoms with Gasteiger partial charge in [0.15, 0.2) is 29.4 Å². The zero-order chi connectivity index (χ0) is 28.0. The Bertz CT molecular complexity index is 1440. The smallest absolute Gasteiger partial charge is 0.385 e. The number of aliphatic hydroxyl groups excluding tert-OH is 1. The van der Waals surface area contributed by atoms with Crippen LogP contribution in [0.3, 0.4) is 0 Å². The number of ether oxygens (including phenoxy) is 1. The van der Waals surface area contributed by atoms with Crippen molar-refractivity contribution in [1.82, 2.24) is 25.0 Å². The molecule has 21 heteroatoms. The van der Waals surface area contributed by atoms with Crippen LogP contribution in [0.15, 0.2) is 24.3 Å². The molecule has 0 spiro atoms. The molecule has 0 radical (unpaired) electrons. The number of hydrogen-bond acceptors (Lipinski definition) is 12. The standard InChI is InChI=1S/C17H19Cl2FN6O10P2/c18-8-4-2-1-3-7(8)5-21-13-11-14(23-16(19)22-13)26(25-24-11)15-12(27)10(20)9(36-15)6-35-38(33,34)17(28,29)37(30,31)32/h1-4,9-10,12,15,27-29H,5-6H2,(H,33,34)(H,21,22,23)(H2,30,31,32)/t9-,10-,12-,15-/m1/s1. The van der Waals surface area contributed by atoms with Crippen molar-refractivity contribution in [1.29, 1.82) is 0 Å². The maximum atomic E-state index is 14.8. The molecule has 3 aromatic rings. The number of nitrogens with one attached hydrogen (secondary N) is 1. The number of aromatic nitrogens is 5. The summed E-state index contributed by atoms with van der Waals surface area (Å²) in [5.74, 6) is 0.122. The summed E-state index contributed by atoms with van der Waals surface area (Å²) in [7, 11) is -11.8. The third-order valence-electron chi connectivity index (χ3n) is 5.41. The summed E-state index contributed by atoms with van der Waals surface area (Å²) in [4.78, 5) is 35.4. The highest BCUT2D eigenvalue weighted by molar-refractivity contribution is 7.72. The first kappa shape index (κ1) is 29.1. The van der Waals surface area contributed by atoms with E-state index in [0.717, 1.165) is 10.2 Å². The predicted molar refractivity (Wildman–Crippen MR) is 127 cm³/mol. The lowest BCUT2D eigenvalue weighted by Crippen LogP contribution is -2.33. The van der Waals surface area contributed by atoms with Gasteiger partial charge in [0.05, 0.1) is 6.61 Å². The largest absolute Gasteiger partial charge is 0.400 e. The van der Waals surface area contributed by atoms with Crippen LogP contribution < -0.4 is 5.32 Å². The van der Waals surface area contributed by atoms with E-state index in [4.69, 9.17) is 37.7 Å². The van der Waals surface area contributed by atoms with E-state index < -0.39 is 51.7 Å². The average molecular weight is 619 g/mol. The fourth-order valence-electron chi connectivity index (χ4n) is 3.39. The predicted octanol–water partition coefficient (Wildman–Crippen LogP) is 0.712. The van der Waals surface area contributed by atoms with Crippen LogP contribution in [0, 0.1) is 0 Å². The van der Waals surface area contributed by atoms with Crippen LogP contribution in [-0.2, 0) is 24.9 Å². The molecule has 1 aliphatic rings. The van der Waals surface area contributed by atoms with Crippen molar-refractivity contribution >= 4 is 55.4 Å². The Morgan fingerprint density at radius 2 is 1.87 bits per heavy atom. The number of rotatable bonds is 9. The normalized spacial score (nSPS) is 24.0.